The topological polar surface area (TPSA) is 38.9 Å². The highest BCUT2D eigenvalue weighted by molar-refractivity contribution is 6.05. The van der Waals surface area contributed by atoms with Gasteiger partial charge < -0.3 is 4.42 Å². The summed E-state index contributed by atoms with van der Waals surface area (Å²) >= 11 is 0. The Bertz CT molecular complexity index is 1640. The number of aryl methyl sites for hydroxylation is 1. The molecule has 0 amide bonds. The van der Waals surface area contributed by atoms with E-state index in [2.05, 4.69) is 35.9 Å². The molecule has 0 N–H and O–H groups in total. The van der Waals surface area contributed by atoms with E-state index in [4.69, 9.17) is 11.3 Å². The van der Waals surface area contributed by atoms with Gasteiger partial charge in [-0.05, 0) is 66.2 Å². The number of nitrogens with zero attached hydrogens (tertiary/aromatic N) is 2. The van der Waals surface area contributed by atoms with Gasteiger partial charge in [-0.25, -0.2) is 0 Å². The van der Waals surface area contributed by atoms with E-state index >= 15 is 0 Å². The van der Waals surface area contributed by atoms with Gasteiger partial charge in [0.2, 0.25) is 0 Å². The van der Waals surface area contributed by atoms with E-state index in [-0.39, 0.29) is 11.1 Å². The minimum atomic E-state index is -2.49. The Morgan fingerprint density at radius 2 is 1.85 bits per heavy atom. The Balaban J connectivity index is 1.82. The molecule has 0 saturated heterocycles. The van der Waals surface area contributed by atoms with E-state index in [1.165, 1.54) is 6.20 Å². The van der Waals surface area contributed by atoms with Crippen LogP contribution in [0.25, 0.3) is 33.3 Å². The van der Waals surface area contributed by atoms with Gasteiger partial charge >= 0.3 is 0 Å². The average Bonchev–Trinajstić information content (AvgIpc) is 3.26. The van der Waals surface area contributed by atoms with Crippen LogP contribution in [-0.2, 0) is 11.8 Å². The minimum absolute atomic E-state index is 0.0682. The zero-order valence-corrected chi connectivity index (χ0v) is 19.3. The third-order valence-electron chi connectivity index (χ3n) is 6.14. The largest absolute Gasteiger partial charge is 0.454 e. The molecule has 3 aromatic heterocycles. The van der Waals surface area contributed by atoms with Crippen LogP contribution in [0.2, 0.25) is 0 Å². The van der Waals surface area contributed by atoms with Gasteiger partial charge in [0.05, 0.1) is 5.69 Å². The lowest BCUT2D eigenvalue weighted by Crippen LogP contribution is -2.19. The Kier molecular flexibility index (Phi) is 4.00. The van der Waals surface area contributed by atoms with Crippen molar-refractivity contribution in [3.63, 3.8) is 0 Å². The number of fused-ring (bicyclic) bond motifs is 3. The highest BCUT2D eigenvalue weighted by atomic mass is 16.3. The SMILES string of the molecule is [2H]C([2H])([2H])c1cnc(-c2cc(C(C)(C)c3ccccc3)c3oc4cccnc4c3c2)cc1C([2H])([2H])C(C)C. The van der Waals surface area contributed by atoms with Crippen molar-refractivity contribution in [2.45, 2.75) is 46.3 Å². The summed E-state index contributed by atoms with van der Waals surface area (Å²) in [7, 11) is 0. The molecule has 0 spiro atoms. The molecule has 0 fully saturated rings. The molecule has 3 heterocycles. The van der Waals surface area contributed by atoms with E-state index in [0.29, 0.717) is 11.3 Å². The van der Waals surface area contributed by atoms with E-state index in [9.17, 15) is 0 Å². The summed E-state index contributed by atoms with van der Waals surface area (Å²) in [6.45, 7) is 5.28. The first kappa shape index (κ1) is 16.2. The lowest BCUT2D eigenvalue weighted by molar-refractivity contribution is 0.608. The van der Waals surface area contributed by atoms with Gasteiger partial charge in [0.25, 0.3) is 0 Å². The van der Waals surface area contributed by atoms with E-state index in [0.717, 1.165) is 33.2 Å². The van der Waals surface area contributed by atoms with Crippen LogP contribution < -0.4 is 0 Å². The zero-order valence-electron chi connectivity index (χ0n) is 24.3. The summed E-state index contributed by atoms with van der Waals surface area (Å²) in [5.41, 5.74) is 5.03. The third-order valence-corrected chi connectivity index (χ3v) is 6.14. The van der Waals surface area contributed by atoms with Crippen LogP contribution in [-0.4, -0.2) is 9.97 Å². The molecule has 0 saturated carbocycles. The maximum atomic E-state index is 8.73. The quantitative estimate of drug-likeness (QED) is 0.280. The molecule has 0 aliphatic rings. The lowest BCUT2D eigenvalue weighted by Gasteiger charge is -2.27. The Morgan fingerprint density at radius 1 is 1.03 bits per heavy atom. The van der Waals surface area contributed by atoms with Gasteiger partial charge in [-0.3, -0.25) is 9.97 Å². The van der Waals surface area contributed by atoms with Gasteiger partial charge in [0, 0.05) is 41.2 Å². The zero-order chi connectivity index (χ0) is 27.5. The highest BCUT2D eigenvalue weighted by Gasteiger charge is 2.29. The highest BCUT2D eigenvalue weighted by Crippen LogP contribution is 2.41. The van der Waals surface area contributed by atoms with Crippen LogP contribution in [0, 0.1) is 12.8 Å². The Hall–Kier alpha value is -3.46. The third kappa shape index (κ3) is 3.82. The fraction of sp³-hybridized carbons (Fsp3) is 0.267. The molecule has 2 aromatic carbocycles. The predicted molar refractivity (Wildman–Crippen MR) is 137 cm³/mol. The van der Waals surface area contributed by atoms with Gasteiger partial charge in [-0.15, -0.1) is 0 Å². The molecule has 5 rings (SSSR count). The second-order valence-corrected chi connectivity index (χ2v) is 9.26. The van der Waals surface area contributed by atoms with Gasteiger partial charge in [-0.2, -0.15) is 0 Å². The standard InChI is InChI=1S/C30H30N2O/c1-19(2)14-21-17-26(32-18-20(21)3)22-15-24-28-27(12-9-13-31-28)33-29(24)25(16-22)30(4,5)23-10-7-6-8-11-23/h6-13,15-19H,14H2,1-5H3/i3D3,14D2. The monoisotopic (exact) mass is 439 g/mol. The molecular formula is C30H30N2O. The first-order chi connectivity index (χ1) is 17.8. The van der Waals surface area contributed by atoms with Gasteiger partial charge in [0.1, 0.15) is 11.1 Å². The van der Waals surface area contributed by atoms with Crippen molar-refractivity contribution in [2.75, 3.05) is 0 Å². The smallest absolute Gasteiger partial charge is 0.153 e. The van der Waals surface area contributed by atoms with Crippen LogP contribution in [0.1, 0.15) is 56.8 Å². The van der Waals surface area contributed by atoms with Crippen molar-refractivity contribution in [1.82, 2.24) is 9.97 Å². The Morgan fingerprint density at radius 3 is 2.61 bits per heavy atom. The summed E-state index contributed by atoms with van der Waals surface area (Å²) < 4.78 is 47.8. The van der Waals surface area contributed by atoms with Crippen molar-refractivity contribution in [1.29, 1.82) is 0 Å². The minimum Gasteiger partial charge on any atom is -0.454 e. The van der Waals surface area contributed by atoms with E-state index in [1.807, 2.05) is 42.5 Å². The molecule has 166 valence electrons. The molecule has 5 aromatic rings. The van der Waals surface area contributed by atoms with Crippen molar-refractivity contribution in [3.8, 4) is 11.3 Å². The van der Waals surface area contributed by atoms with Crippen molar-refractivity contribution in [3.05, 3.63) is 95.3 Å². The number of aromatic nitrogens is 2. The normalized spacial score (nSPS) is 15.2. The van der Waals surface area contributed by atoms with Crippen LogP contribution in [0.15, 0.2) is 77.5 Å². The number of hydrogen-bond donors (Lipinski definition) is 0. The number of rotatable bonds is 5. The predicted octanol–water partition coefficient (Wildman–Crippen LogP) is 7.88. The maximum absolute atomic E-state index is 8.73. The first-order valence-corrected chi connectivity index (χ1v) is 11.2. The maximum Gasteiger partial charge on any atom is 0.153 e. The molecular weight excluding hydrogens is 404 g/mol. The molecule has 3 heteroatoms. The fourth-order valence-electron chi connectivity index (χ4n) is 4.37. The molecule has 0 atom stereocenters. The number of hydrogen-bond acceptors (Lipinski definition) is 3. The van der Waals surface area contributed by atoms with Crippen LogP contribution >= 0.6 is 0 Å². The number of pyridine rings is 2. The number of furan rings is 1. The summed E-state index contributed by atoms with van der Waals surface area (Å²) in [6.07, 6.45) is 1.17. The van der Waals surface area contributed by atoms with Crippen molar-refractivity contribution < 1.29 is 11.3 Å². The van der Waals surface area contributed by atoms with Crippen molar-refractivity contribution in [2.24, 2.45) is 5.92 Å². The van der Waals surface area contributed by atoms with Crippen LogP contribution in [0.5, 0.6) is 0 Å². The molecule has 0 unspecified atom stereocenters. The van der Waals surface area contributed by atoms with Crippen LogP contribution in [0.3, 0.4) is 0 Å². The molecule has 0 aliphatic carbocycles. The second kappa shape index (κ2) is 8.15. The lowest BCUT2D eigenvalue weighted by atomic mass is 9.77. The Labute approximate surface area is 202 Å². The molecule has 3 nitrogen and oxygen atoms in total. The van der Waals surface area contributed by atoms with Crippen molar-refractivity contribution >= 4 is 22.1 Å². The molecule has 0 radical (unpaired) electrons. The fourth-order valence-corrected chi connectivity index (χ4v) is 4.37. The van der Waals surface area contributed by atoms with Gasteiger partial charge in [0.15, 0.2) is 5.58 Å². The first-order valence-electron chi connectivity index (χ1n) is 13.7. The number of benzene rings is 2. The van der Waals surface area contributed by atoms with Crippen LogP contribution in [0.4, 0.5) is 0 Å². The summed E-state index contributed by atoms with van der Waals surface area (Å²) in [5.74, 6) is -0.434. The molecule has 0 bridgehead atoms. The van der Waals surface area contributed by atoms with E-state index in [1.54, 1.807) is 26.1 Å². The summed E-state index contributed by atoms with van der Waals surface area (Å²) in [6, 6.07) is 19.4. The second-order valence-electron chi connectivity index (χ2n) is 9.26. The van der Waals surface area contributed by atoms with Gasteiger partial charge in [-0.1, -0.05) is 58.0 Å². The molecule has 33 heavy (non-hydrogen) atoms. The molecule has 0 aliphatic heterocycles. The summed E-state index contributed by atoms with van der Waals surface area (Å²) in [5, 5.41) is 0.826. The van der Waals surface area contributed by atoms with E-state index < -0.39 is 24.6 Å². The summed E-state index contributed by atoms with van der Waals surface area (Å²) in [4.78, 5) is 9.12. The average molecular weight is 440 g/mol.